The fraction of sp³-hybridized carbons (Fsp3) is 0.714. The summed E-state index contributed by atoms with van der Waals surface area (Å²) in [6.07, 6.45) is 8.96. The number of urea groups is 1. The third-order valence-corrected chi connectivity index (χ3v) is 7.41. The van der Waals surface area contributed by atoms with E-state index < -0.39 is 0 Å². The van der Waals surface area contributed by atoms with Crippen molar-refractivity contribution in [1.29, 1.82) is 0 Å². The second-order valence-electron chi connectivity index (χ2n) is 8.31. The summed E-state index contributed by atoms with van der Waals surface area (Å²) in [5, 5.41) is 5.48. The van der Waals surface area contributed by atoms with Crippen molar-refractivity contribution < 1.29 is 9.59 Å². The summed E-state index contributed by atoms with van der Waals surface area (Å²) in [5.41, 5.74) is 0. The molecule has 3 aliphatic rings. The van der Waals surface area contributed by atoms with E-state index in [-0.39, 0.29) is 23.9 Å². The van der Waals surface area contributed by atoms with E-state index in [1.807, 2.05) is 9.80 Å². The largest absolute Gasteiger partial charge is 0.348 e. The zero-order valence-corrected chi connectivity index (χ0v) is 16.9. The summed E-state index contributed by atoms with van der Waals surface area (Å²) >= 11 is 1.74. The highest BCUT2D eigenvalue weighted by Gasteiger charge is 2.34. The summed E-state index contributed by atoms with van der Waals surface area (Å²) in [6.45, 7) is 3.10. The van der Waals surface area contributed by atoms with Gasteiger partial charge in [0.1, 0.15) is 0 Å². The van der Waals surface area contributed by atoms with Crippen LogP contribution < -0.4 is 5.32 Å². The smallest absolute Gasteiger partial charge is 0.320 e. The van der Waals surface area contributed by atoms with Gasteiger partial charge in [-0.05, 0) is 55.9 Å². The van der Waals surface area contributed by atoms with Crippen LogP contribution in [0.4, 0.5) is 4.79 Å². The van der Waals surface area contributed by atoms with E-state index in [4.69, 9.17) is 0 Å². The van der Waals surface area contributed by atoms with Crippen molar-refractivity contribution in [3.05, 3.63) is 22.4 Å². The summed E-state index contributed by atoms with van der Waals surface area (Å²) in [4.78, 5) is 30.9. The Morgan fingerprint density at radius 3 is 2.44 bits per heavy atom. The predicted molar refractivity (Wildman–Crippen MR) is 108 cm³/mol. The molecule has 4 rings (SSSR count). The third kappa shape index (κ3) is 4.31. The lowest BCUT2D eigenvalue weighted by atomic mass is 9.93. The lowest BCUT2D eigenvalue weighted by Gasteiger charge is -2.35. The van der Waals surface area contributed by atoms with Crippen molar-refractivity contribution >= 4 is 23.3 Å². The van der Waals surface area contributed by atoms with E-state index in [2.05, 4.69) is 22.8 Å². The molecule has 1 N–H and O–H groups in total. The molecule has 2 saturated heterocycles. The summed E-state index contributed by atoms with van der Waals surface area (Å²) < 4.78 is 0. The van der Waals surface area contributed by atoms with Crippen molar-refractivity contribution in [2.45, 2.75) is 57.4 Å². The number of thiophene rings is 1. The van der Waals surface area contributed by atoms with Crippen LogP contribution in [0, 0.1) is 11.8 Å². The van der Waals surface area contributed by atoms with Crippen LogP contribution in [0.15, 0.2) is 17.5 Å². The second kappa shape index (κ2) is 8.63. The Kier molecular flexibility index (Phi) is 6.01. The maximum absolute atomic E-state index is 13.1. The number of hydrogen-bond acceptors (Lipinski definition) is 3. The Morgan fingerprint density at radius 2 is 1.74 bits per heavy atom. The van der Waals surface area contributed by atoms with Gasteiger partial charge in [-0.25, -0.2) is 4.79 Å². The molecule has 0 radical (unpaired) electrons. The van der Waals surface area contributed by atoms with Crippen LogP contribution in [-0.4, -0.2) is 47.9 Å². The summed E-state index contributed by atoms with van der Waals surface area (Å²) in [7, 11) is 0. The average Bonchev–Trinajstić information content (AvgIpc) is 3.48. The molecule has 2 aliphatic heterocycles. The SMILES string of the molecule is O=C(N[C@@H](c1cccs1)C1CCCC1)[C@H]1CCCN(C(=O)N2CCCC2)C1. The standard InChI is InChI=1S/C21H31N3O2S/c25-20(22-19(16-7-1-2-8-16)18-10-6-14-27-18)17-9-5-13-24(15-17)21(26)23-11-3-4-12-23/h6,10,14,16-17,19H,1-5,7-9,11-13,15H2,(H,22,25)/t17-,19+/m0/s1. The molecule has 0 spiro atoms. The van der Waals surface area contributed by atoms with Crippen LogP contribution in [0.2, 0.25) is 0 Å². The van der Waals surface area contributed by atoms with E-state index >= 15 is 0 Å². The molecular weight excluding hydrogens is 358 g/mol. The lowest BCUT2D eigenvalue weighted by Crippen LogP contribution is -2.50. The molecule has 0 bridgehead atoms. The van der Waals surface area contributed by atoms with Crippen molar-refractivity contribution in [2.24, 2.45) is 11.8 Å². The number of nitrogens with zero attached hydrogens (tertiary/aromatic N) is 2. The minimum absolute atomic E-state index is 0.0748. The maximum Gasteiger partial charge on any atom is 0.320 e. The lowest BCUT2D eigenvalue weighted by molar-refractivity contribution is -0.127. The first-order valence-electron chi connectivity index (χ1n) is 10.6. The molecule has 6 heteroatoms. The minimum Gasteiger partial charge on any atom is -0.348 e. The first-order chi connectivity index (χ1) is 13.2. The molecule has 2 atom stereocenters. The van der Waals surface area contributed by atoms with Crippen LogP contribution >= 0.6 is 11.3 Å². The van der Waals surface area contributed by atoms with Crippen LogP contribution in [0.3, 0.4) is 0 Å². The van der Waals surface area contributed by atoms with Crippen molar-refractivity contribution in [2.75, 3.05) is 26.2 Å². The van der Waals surface area contributed by atoms with Gasteiger partial charge < -0.3 is 15.1 Å². The normalized spacial score (nSPS) is 25.0. The van der Waals surface area contributed by atoms with Crippen molar-refractivity contribution in [1.82, 2.24) is 15.1 Å². The number of carbonyl (C=O) groups is 2. The van der Waals surface area contributed by atoms with E-state index in [1.165, 1.54) is 30.6 Å². The molecule has 0 aromatic carbocycles. The molecule has 27 heavy (non-hydrogen) atoms. The van der Waals surface area contributed by atoms with Crippen LogP contribution in [0.1, 0.15) is 62.3 Å². The highest BCUT2D eigenvalue weighted by molar-refractivity contribution is 7.10. The van der Waals surface area contributed by atoms with Gasteiger partial charge in [0.2, 0.25) is 5.91 Å². The van der Waals surface area contributed by atoms with Gasteiger partial charge in [0, 0.05) is 31.1 Å². The molecule has 3 fully saturated rings. The molecule has 5 nitrogen and oxygen atoms in total. The van der Waals surface area contributed by atoms with Gasteiger partial charge in [-0.15, -0.1) is 11.3 Å². The topological polar surface area (TPSA) is 52.7 Å². The first-order valence-corrected chi connectivity index (χ1v) is 11.5. The Balaban J connectivity index is 1.39. The number of nitrogens with one attached hydrogen (secondary N) is 1. The molecule has 1 aromatic heterocycles. The first kappa shape index (κ1) is 18.8. The number of likely N-dealkylation sites (tertiary alicyclic amines) is 2. The van der Waals surface area contributed by atoms with Gasteiger partial charge in [-0.2, -0.15) is 0 Å². The van der Waals surface area contributed by atoms with Crippen LogP contribution in [0.5, 0.6) is 0 Å². The Labute approximate surface area is 166 Å². The number of piperidine rings is 1. The van der Waals surface area contributed by atoms with Gasteiger partial charge in [0.25, 0.3) is 0 Å². The fourth-order valence-corrected chi connectivity index (χ4v) is 5.79. The fourth-order valence-electron chi connectivity index (χ4n) is 4.92. The van der Waals surface area contributed by atoms with E-state index in [9.17, 15) is 9.59 Å². The summed E-state index contributed by atoms with van der Waals surface area (Å²) in [6, 6.07) is 4.50. The number of hydrogen-bond donors (Lipinski definition) is 1. The average molecular weight is 390 g/mol. The second-order valence-corrected chi connectivity index (χ2v) is 9.29. The van der Waals surface area contributed by atoms with E-state index in [0.717, 1.165) is 45.3 Å². The van der Waals surface area contributed by atoms with Crippen molar-refractivity contribution in [3.8, 4) is 0 Å². The van der Waals surface area contributed by atoms with Crippen molar-refractivity contribution in [3.63, 3.8) is 0 Å². The zero-order valence-electron chi connectivity index (χ0n) is 16.1. The Hall–Kier alpha value is -1.56. The Bertz CT molecular complexity index is 636. The van der Waals surface area contributed by atoms with Gasteiger partial charge >= 0.3 is 6.03 Å². The number of amides is 3. The quantitative estimate of drug-likeness (QED) is 0.845. The molecule has 3 heterocycles. The van der Waals surface area contributed by atoms with E-state index in [1.54, 1.807) is 11.3 Å². The molecule has 0 unspecified atom stereocenters. The Morgan fingerprint density at radius 1 is 1.00 bits per heavy atom. The molecular formula is C21H31N3O2S. The van der Waals surface area contributed by atoms with Gasteiger partial charge in [0.05, 0.1) is 12.0 Å². The minimum atomic E-state index is -0.0748. The molecule has 148 valence electrons. The van der Waals surface area contributed by atoms with E-state index in [0.29, 0.717) is 12.5 Å². The molecule has 3 amide bonds. The monoisotopic (exact) mass is 389 g/mol. The van der Waals surface area contributed by atoms with Crippen LogP contribution in [-0.2, 0) is 4.79 Å². The molecule has 1 aliphatic carbocycles. The third-order valence-electron chi connectivity index (χ3n) is 6.46. The highest BCUT2D eigenvalue weighted by atomic mass is 32.1. The summed E-state index contributed by atoms with van der Waals surface area (Å²) in [5.74, 6) is 0.618. The number of rotatable bonds is 4. The van der Waals surface area contributed by atoms with Gasteiger partial charge in [-0.1, -0.05) is 18.9 Å². The molecule has 1 saturated carbocycles. The highest BCUT2D eigenvalue weighted by Crippen LogP contribution is 2.37. The van der Waals surface area contributed by atoms with Gasteiger partial charge in [-0.3, -0.25) is 4.79 Å². The molecule has 1 aromatic rings. The van der Waals surface area contributed by atoms with Gasteiger partial charge in [0.15, 0.2) is 0 Å². The predicted octanol–water partition coefficient (Wildman–Crippen LogP) is 4.02. The maximum atomic E-state index is 13.1. The van der Waals surface area contributed by atoms with Crippen LogP contribution in [0.25, 0.3) is 0 Å². The zero-order chi connectivity index (χ0) is 18.6. The number of carbonyl (C=O) groups excluding carboxylic acids is 2.